The topological polar surface area (TPSA) is 72.9 Å². The molecule has 4 rings (SSSR count). The van der Waals surface area contributed by atoms with Gasteiger partial charge in [0.2, 0.25) is 5.91 Å². The molecule has 1 atom stereocenters. The molecule has 1 heterocycles. The number of sulfone groups is 1. The predicted molar refractivity (Wildman–Crippen MR) is 118 cm³/mol. The summed E-state index contributed by atoms with van der Waals surface area (Å²) in [5, 5.41) is -1.09. The molecule has 32 heavy (non-hydrogen) atoms. The van der Waals surface area contributed by atoms with E-state index in [1.54, 1.807) is 48.5 Å². The fraction of sp³-hybridized carbons (Fsp3) is 0.208. The molecule has 0 spiro atoms. The summed E-state index contributed by atoms with van der Waals surface area (Å²) < 4.78 is 51.2. The molecule has 1 aliphatic rings. The summed E-state index contributed by atoms with van der Waals surface area (Å²) in [5.41, 5.74) is 1.44. The van der Waals surface area contributed by atoms with Gasteiger partial charge in [-0.1, -0.05) is 30.3 Å². The van der Waals surface area contributed by atoms with E-state index in [1.165, 1.54) is 37.3 Å². The van der Waals surface area contributed by atoms with Crippen molar-refractivity contribution in [2.24, 2.45) is 0 Å². The van der Waals surface area contributed by atoms with Crippen LogP contribution in [0.2, 0.25) is 0 Å². The predicted octanol–water partition coefficient (Wildman–Crippen LogP) is 4.29. The maximum absolute atomic E-state index is 13.7. The summed E-state index contributed by atoms with van der Waals surface area (Å²) in [6.07, 6.45) is -0.242. The van der Waals surface area contributed by atoms with Gasteiger partial charge in [-0.15, -0.1) is 0 Å². The second-order valence-electron chi connectivity index (χ2n) is 7.43. The van der Waals surface area contributed by atoms with Crippen LogP contribution in [0.25, 0.3) is 0 Å². The highest BCUT2D eigenvalue weighted by Gasteiger charge is 2.39. The average molecular weight is 456 g/mol. The summed E-state index contributed by atoms with van der Waals surface area (Å²) >= 11 is 0. The van der Waals surface area contributed by atoms with E-state index in [4.69, 9.17) is 9.47 Å². The van der Waals surface area contributed by atoms with E-state index >= 15 is 0 Å². The number of carbonyl (C=O) groups excluding carboxylic acids is 1. The van der Waals surface area contributed by atoms with Gasteiger partial charge in [0.25, 0.3) is 0 Å². The minimum atomic E-state index is -3.90. The number of anilines is 1. The number of benzene rings is 3. The van der Waals surface area contributed by atoms with Crippen LogP contribution in [0.3, 0.4) is 0 Å². The molecular formula is C24H22FNO5S. The Labute approximate surface area is 186 Å². The summed E-state index contributed by atoms with van der Waals surface area (Å²) in [6.45, 7) is 0.129. The molecule has 8 heteroatoms. The van der Waals surface area contributed by atoms with Crippen molar-refractivity contribution in [1.82, 2.24) is 0 Å². The SMILES string of the molecule is COc1ccc(C2CC(=O)N(Cc3ccc(F)cc3)c3ccccc3S2(=O)=O)cc1OC. The minimum absolute atomic E-state index is 0.0766. The molecular weight excluding hydrogens is 433 g/mol. The summed E-state index contributed by atoms with van der Waals surface area (Å²) in [5.74, 6) is 0.121. The number of nitrogens with zero attached hydrogens (tertiary/aromatic N) is 1. The van der Waals surface area contributed by atoms with E-state index in [2.05, 4.69) is 0 Å². The van der Waals surface area contributed by atoms with Crippen molar-refractivity contribution < 1.29 is 27.1 Å². The van der Waals surface area contributed by atoms with Gasteiger partial charge in [-0.2, -0.15) is 0 Å². The van der Waals surface area contributed by atoms with Crippen LogP contribution in [0.4, 0.5) is 10.1 Å². The zero-order chi connectivity index (χ0) is 22.9. The highest BCUT2D eigenvalue weighted by atomic mass is 32.2. The summed E-state index contributed by atoms with van der Waals surface area (Å²) in [7, 11) is -0.941. The molecule has 3 aromatic rings. The van der Waals surface area contributed by atoms with Crippen LogP contribution in [-0.4, -0.2) is 28.5 Å². The molecule has 0 aromatic heterocycles. The van der Waals surface area contributed by atoms with Gasteiger partial charge in [0, 0.05) is 6.42 Å². The van der Waals surface area contributed by atoms with Gasteiger partial charge in [-0.25, -0.2) is 12.8 Å². The van der Waals surface area contributed by atoms with Gasteiger partial charge >= 0.3 is 0 Å². The van der Waals surface area contributed by atoms with Crippen molar-refractivity contribution in [2.75, 3.05) is 19.1 Å². The molecule has 6 nitrogen and oxygen atoms in total. The first-order chi connectivity index (χ1) is 15.3. The third-order valence-electron chi connectivity index (χ3n) is 5.53. The van der Waals surface area contributed by atoms with E-state index in [1.807, 2.05) is 0 Å². The number of amides is 1. The molecule has 0 radical (unpaired) electrons. The lowest BCUT2D eigenvalue weighted by Gasteiger charge is -2.22. The standard InChI is InChI=1S/C24H22FNO5S/c1-30-20-12-9-17(13-21(20)31-2)23-14-24(27)26(15-16-7-10-18(25)11-8-16)19-5-3-4-6-22(19)32(23,28)29/h3-13,23H,14-15H2,1-2H3. The van der Waals surface area contributed by atoms with Crippen LogP contribution < -0.4 is 14.4 Å². The number of hydrogen-bond donors (Lipinski definition) is 0. The van der Waals surface area contributed by atoms with Crippen LogP contribution in [0.1, 0.15) is 22.8 Å². The zero-order valence-corrected chi connectivity index (χ0v) is 18.4. The Hall–Kier alpha value is -3.39. The molecule has 166 valence electrons. The van der Waals surface area contributed by atoms with E-state index in [9.17, 15) is 17.6 Å². The third-order valence-corrected chi connectivity index (χ3v) is 7.68. The first-order valence-corrected chi connectivity index (χ1v) is 11.5. The molecule has 1 amide bonds. The van der Waals surface area contributed by atoms with Crippen LogP contribution in [0, 0.1) is 5.82 Å². The lowest BCUT2D eigenvalue weighted by molar-refractivity contribution is -0.118. The number of halogens is 1. The van der Waals surface area contributed by atoms with Crippen molar-refractivity contribution >= 4 is 21.4 Å². The normalized spacial score (nSPS) is 17.4. The highest BCUT2D eigenvalue weighted by Crippen LogP contribution is 2.42. The monoisotopic (exact) mass is 455 g/mol. The van der Waals surface area contributed by atoms with Crippen LogP contribution in [-0.2, 0) is 21.2 Å². The molecule has 1 aliphatic heterocycles. The molecule has 0 aliphatic carbocycles. The number of ether oxygens (including phenoxy) is 2. The zero-order valence-electron chi connectivity index (χ0n) is 17.6. The molecule has 3 aromatic carbocycles. The van der Waals surface area contributed by atoms with Gasteiger partial charge < -0.3 is 14.4 Å². The van der Waals surface area contributed by atoms with Crippen molar-refractivity contribution in [2.45, 2.75) is 23.1 Å². The molecule has 0 bridgehead atoms. The number of carbonyl (C=O) groups is 1. The molecule has 1 unspecified atom stereocenters. The quantitative estimate of drug-likeness (QED) is 0.574. The smallest absolute Gasteiger partial charge is 0.229 e. The molecule has 0 saturated carbocycles. The number of fused-ring (bicyclic) bond motifs is 1. The summed E-state index contributed by atoms with van der Waals surface area (Å²) in [6, 6.07) is 17.1. The molecule has 0 saturated heterocycles. The van der Waals surface area contributed by atoms with E-state index in [0.29, 0.717) is 28.3 Å². The lowest BCUT2D eigenvalue weighted by Crippen LogP contribution is -2.30. The molecule has 0 fully saturated rings. The van der Waals surface area contributed by atoms with E-state index in [0.717, 1.165) is 0 Å². The Bertz CT molecular complexity index is 1260. The fourth-order valence-electron chi connectivity index (χ4n) is 3.88. The minimum Gasteiger partial charge on any atom is -0.493 e. The van der Waals surface area contributed by atoms with E-state index in [-0.39, 0.29) is 29.6 Å². The Morgan fingerprint density at radius 1 is 0.969 bits per heavy atom. The second-order valence-corrected chi connectivity index (χ2v) is 9.53. The van der Waals surface area contributed by atoms with E-state index < -0.39 is 15.1 Å². The van der Waals surface area contributed by atoms with Crippen molar-refractivity contribution in [3.05, 3.63) is 83.7 Å². The Kier molecular flexibility index (Phi) is 5.88. The maximum Gasteiger partial charge on any atom is 0.229 e. The maximum atomic E-state index is 13.7. The lowest BCUT2D eigenvalue weighted by atomic mass is 10.1. The van der Waals surface area contributed by atoms with Gasteiger partial charge in [0.15, 0.2) is 21.3 Å². The Balaban J connectivity index is 1.81. The second kappa shape index (κ2) is 8.63. The number of para-hydroxylation sites is 1. The number of rotatable bonds is 5. The number of methoxy groups -OCH3 is 2. The molecule has 0 N–H and O–H groups in total. The fourth-order valence-corrected chi connectivity index (χ4v) is 5.79. The average Bonchev–Trinajstić information content (AvgIpc) is 2.88. The first kappa shape index (κ1) is 21.8. The number of hydrogen-bond acceptors (Lipinski definition) is 5. The van der Waals surface area contributed by atoms with Crippen LogP contribution in [0.15, 0.2) is 71.6 Å². The van der Waals surface area contributed by atoms with Crippen LogP contribution >= 0.6 is 0 Å². The van der Waals surface area contributed by atoms with Gasteiger partial charge in [-0.3, -0.25) is 4.79 Å². The van der Waals surface area contributed by atoms with Crippen LogP contribution in [0.5, 0.6) is 11.5 Å². The van der Waals surface area contributed by atoms with Gasteiger partial charge in [0.05, 0.1) is 36.6 Å². The highest BCUT2D eigenvalue weighted by molar-refractivity contribution is 7.92. The third kappa shape index (κ3) is 3.93. The Morgan fingerprint density at radius 2 is 1.66 bits per heavy atom. The van der Waals surface area contributed by atoms with Crippen molar-refractivity contribution in [1.29, 1.82) is 0 Å². The van der Waals surface area contributed by atoms with Gasteiger partial charge in [-0.05, 0) is 47.5 Å². The first-order valence-electron chi connectivity index (χ1n) is 9.95. The summed E-state index contributed by atoms with van der Waals surface area (Å²) in [4.78, 5) is 14.9. The van der Waals surface area contributed by atoms with Crippen molar-refractivity contribution in [3.8, 4) is 11.5 Å². The Morgan fingerprint density at radius 3 is 2.34 bits per heavy atom. The van der Waals surface area contributed by atoms with Crippen molar-refractivity contribution in [3.63, 3.8) is 0 Å². The largest absolute Gasteiger partial charge is 0.493 e. The van der Waals surface area contributed by atoms with Gasteiger partial charge in [0.1, 0.15) is 5.82 Å².